The van der Waals surface area contributed by atoms with Crippen LogP contribution < -0.4 is 14.8 Å². The van der Waals surface area contributed by atoms with Crippen LogP contribution in [0.1, 0.15) is 5.69 Å². The molecule has 0 radical (unpaired) electrons. The zero-order valence-corrected chi connectivity index (χ0v) is 14.0. The van der Waals surface area contributed by atoms with Gasteiger partial charge in [-0.2, -0.15) is 11.3 Å². The first kappa shape index (κ1) is 15.6. The first-order chi connectivity index (χ1) is 12.3. The van der Waals surface area contributed by atoms with Crippen LogP contribution in [-0.4, -0.2) is 28.6 Å². The Balaban J connectivity index is 1.44. The molecule has 0 saturated carbocycles. The molecule has 1 aliphatic rings. The summed E-state index contributed by atoms with van der Waals surface area (Å²) in [4.78, 5) is 21.1. The Morgan fingerprint density at radius 3 is 2.88 bits per heavy atom. The molecule has 3 aromatic rings. The molecule has 1 N–H and O–H groups in total. The number of thiophene rings is 1. The molecule has 1 aromatic carbocycles. The van der Waals surface area contributed by atoms with Crippen molar-refractivity contribution in [1.82, 2.24) is 15.3 Å². The van der Waals surface area contributed by atoms with Gasteiger partial charge in [0.05, 0.1) is 17.9 Å². The third-order valence-electron chi connectivity index (χ3n) is 3.80. The number of aromatic nitrogens is 2. The maximum atomic E-state index is 12.4. The van der Waals surface area contributed by atoms with Crippen molar-refractivity contribution in [1.29, 1.82) is 0 Å². The highest BCUT2D eigenvalue weighted by Gasteiger charge is 2.27. The molecule has 2 aromatic heterocycles. The van der Waals surface area contributed by atoms with Crippen LogP contribution in [0.5, 0.6) is 11.5 Å². The molecule has 7 heteroatoms. The summed E-state index contributed by atoms with van der Waals surface area (Å²) < 4.78 is 11.3. The van der Waals surface area contributed by atoms with E-state index < -0.39 is 6.10 Å². The molecule has 126 valence electrons. The number of para-hydroxylation sites is 2. The zero-order chi connectivity index (χ0) is 17.1. The summed E-state index contributed by atoms with van der Waals surface area (Å²) in [5.41, 5.74) is 2.48. The van der Waals surface area contributed by atoms with Crippen LogP contribution in [0.4, 0.5) is 0 Å². The lowest BCUT2D eigenvalue weighted by atomic mass is 10.2. The Morgan fingerprint density at radius 2 is 2.04 bits per heavy atom. The summed E-state index contributed by atoms with van der Waals surface area (Å²) in [6.45, 7) is 0.458. The van der Waals surface area contributed by atoms with Crippen LogP contribution >= 0.6 is 11.3 Å². The van der Waals surface area contributed by atoms with Gasteiger partial charge in [0.25, 0.3) is 5.91 Å². The van der Waals surface area contributed by atoms with Gasteiger partial charge in [-0.25, -0.2) is 0 Å². The maximum absolute atomic E-state index is 12.4. The van der Waals surface area contributed by atoms with Crippen LogP contribution in [0, 0.1) is 0 Å². The van der Waals surface area contributed by atoms with Gasteiger partial charge in [-0.05, 0) is 23.6 Å². The number of rotatable bonds is 4. The van der Waals surface area contributed by atoms with Crippen molar-refractivity contribution < 1.29 is 14.3 Å². The van der Waals surface area contributed by atoms with Crippen molar-refractivity contribution in [2.45, 2.75) is 12.6 Å². The van der Waals surface area contributed by atoms with E-state index in [1.54, 1.807) is 29.8 Å². The molecular formula is C18H15N3O3S. The van der Waals surface area contributed by atoms with Crippen molar-refractivity contribution in [3.8, 4) is 22.8 Å². The van der Waals surface area contributed by atoms with E-state index in [0.717, 1.165) is 11.3 Å². The van der Waals surface area contributed by atoms with Gasteiger partial charge in [0, 0.05) is 23.3 Å². The molecule has 3 heterocycles. The normalized spacial score (nSPS) is 15.6. The lowest BCUT2D eigenvalue weighted by Gasteiger charge is -2.25. The van der Waals surface area contributed by atoms with Crippen LogP contribution in [-0.2, 0) is 11.3 Å². The fourth-order valence-electron chi connectivity index (χ4n) is 2.57. The maximum Gasteiger partial charge on any atom is 0.265 e. The molecule has 0 spiro atoms. The van der Waals surface area contributed by atoms with Gasteiger partial charge in [0.1, 0.15) is 6.61 Å². The van der Waals surface area contributed by atoms with Gasteiger partial charge in [-0.3, -0.25) is 14.8 Å². The van der Waals surface area contributed by atoms with Crippen LogP contribution in [0.15, 0.2) is 53.5 Å². The quantitative estimate of drug-likeness (QED) is 0.781. The molecule has 0 fully saturated rings. The van der Waals surface area contributed by atoms with E-state index in [1.165, 1.54) is 0 Å². The minimum absolute atomic E-state index is 0.181. The topological polar surface area (TPSA) is 73.3 Å². The highest BCUT2D eigenvalue weighted by atomic mass is 32.1. The van der Waals surface area contributed by atoms with E-state index in [-0.39, 0.29) is 19.1 Å². The largest absolute Gasteiger partial charge is 0.485 e. The molecule has 0 aliphatic carbocycles. The van der Waals surface area contributed by atoms with Gasteiger partial charge in [-0.15, -0.1) is 0 Å². The minimum Gasteiger partial charge on any atom is -0.485 e. The fourth-order valence-corrected chi connectivity index (χ4v) is 3.21. The monoisotopic (exact) mass is 353 g/mol. The van der Waals surface area contributed by atoms with Crippen LogP contribution in [0.2, 0.25) is 0 Å². The van der Waals surface area contributed by atoms with E-state index >= 15 is 0 Å². The number of nitrogens with one attached hydrogen (secondary N) is 1. The first-order valence-electron chi connectivity index (χ1n) is 7.80. The summed E-state index contributed by atoms with van der Waals surface area (Å²) in [6.07, 6.45) is 2.58. The van der Waals surface area contributed by atoms with Crippen LogP contribution in [0.3, 0.4) is 0 Å². The summed E-state index contributed by atoms with van der Waals surface area (Å²) in [5, 5.41) is 6.85. The number of hydrogen-bond donors (Lipinski definition) is 1. The molecule has 1 amide bonds. The highest BCUT2D eigenvalue weighted by Crippen LogP contribution is 2.31. The summed E-state index contributed by atoms with van der Waals surface area (Å²) >= 11 is 1.59. The van der Waals surface area contributed by atoms with Crippen molar-refractivity contribution in [2.24, 2.45) is 0 Å². The van der Waals surface area contributed by atoms with Gasteiger partial charge in [0.2, 0.25) is 6.10 Å². The summed E-state index contributed by atoms with van der Waals surface area (Å²) in [6, 6.07) is 9.29. The molecular weight excluding hydrogens is 338 g/mol. The third kappa shape index (κ3) is 3.32. The van der Waals surface area contributed by atoms with Crippen LogP contribution in [0.25, 0.3) is 11.3 Å². The molecule has 0 saturated heterocycles. The Kier molecular flexibility index (Phi) is 4.30. The number of carbonyl (C=O) groups excluding carboxylic acids is 1. The molecule has 4 rings (SSSR count). The lowest BCUT2D eigenvalue weighted by Crippen LogP contribution is -2.43. The number of hydrogen-bond acceptors (Lipinski definition) is 6. The smallest absolute Gasteiger partial charge is 0.265 e. The van der Waals surface area contributed by atoms with Gasteiger partial charge < -0.3 is 14.8 Å². The molecule has 25 heavy (non-hydrogen) atoms. The number of carbonyl (C=O) groups is 1. The number of amides is 1. The molecule has 0 unspecified atom stereocenters. The molecule has 1 atom stereocenters. The molecule has 6 nitrogen and oxygen atoms in total. The lowest BCUT2D eigenvalue weighted by molar-refractivity contribution is -0.130. The average molecular weight is 353 g/mol. The molecule has 0 bridgehead atoms. The van der Waals surface area contributed by atoms with Gasteiger partial charge in [0.15, 0.2) is 11.5 Å². The fraction of sp³-hybridized carbons (Fsp3) is 0.167. The number of nitrogens with zero attached hydrogens (tertiary/aromatic N) is 2. The number of benzene rings is 1. The Labute approximate surface area is 148 Å². The van der Waals surface area contributed by atoms with E-state index in [4.69, 9.17) is 9.47 Å². The van der Waals surface area contributed by atoms with Crippen molar-refractivity contribution in [3.05, 3.63) is 59.2 Å². The SMILES string of the molecule is O=C(NCc1nccnc1-c1ccsc1)[C@@H]1COc2ccccc2O1. The van der Waals surface area contributed by atoms with E-state index in [9.17, 15) is 4.79 Å². The van der Waals surface area contributed by atoms with E-state index in [2.05, 4.69) is 15.3 Å². The Morgan fingerprint density at radius 1 is 1.20 bits per heavy atom. The summed E-state index contributed by atoms with van der Waals surface area (Å²) in [7, 11) is 0. The Hall–Kier alpha value is -2.93. The Bertz CT molecular complexity index is 883. The van der Waals surface area contributed by atoms with E-state index in [0.29, 0.717) is 17.2 Å². The number of fused-ring (bicyclic) bond motifs is 1. The highest BCUT2D eigenvalue weighted by molar-refractivity contribution is 7.08. The van der Waals surface area contributed by atoms with Gasteiger partial charge in [-0.1, -0.05) is 12.1 Å². The minimum atomic E-state index is -0.684. The molecule has 1 aliphatic heterocycles. The van der Waals surface area contributed by atoms with Crippen molar-refractivity contribution >= 4 is 17.2 Å². The van der Waals surface area contributed by atoms with Gasteiger partial charge >= 0.3 is 0 Å². The van der Waals surface area contributed by atoms with Crippen molar-refractivity contribution in [3.63, 3.8) is 0 Å². The second-order valence-electron chi connectivity index (χ2n) is 5.45. The first-order valence-corrected chi connectivity index (χ1v) is 8.74. The standard InChI is InChI=1S/C18H15N3O3S/c22-18(16-10-23-14-3-1-2-4-15(14)24-16)21-9-13-17(20-7-6-19-13)12-5-8-25-11-12/h1-8,11,16H,9-10H2,(H,21,22)/t16-/m0/s1. The predicted molar refractivity (Wildman–Crippen MR) is 93.5 cm³/mol. The van der Waals surface area contributed by atoms with E-state index in [1.807, 2.05) is 35.0 Å². The third-order valence-corrected chi connectivity index (χ3v) is 4.48. The average Bonchev–Trinajstić information content (AvgIpc) is 3.20. The second-order valence-corrected chi connectivity index (χ2v) is 6.23. The summed E-state index contributed by atoms with van der Waals surface area (Å²) in [5.74, 6) is 0.990. The predicted octanol–water partition coefficient (Wildman–Crippen LogP) is 2.66. The number of ether oxygens (including phenoxy) is 2. The second kappa shape index (κ2) is 6.90. The van der Waals surface area contributed by atoms with Crippen molar-refractivity contribution in [2.75, 3.05) is 6.61 Å². The zero-order valence-electron chi connectivity index (χ0n) is 13.2.